The molecule has 0 atom stereocenters. The van der Waals surface area contributed by atoms with Gasteiger partial charge in [-0.3, -0.25) is 4.98 Å². The number of rotatable bonds is 4. The Labute approximate surface area is 97.0 Å². The average Bonchev–Trinajstić information content (AvgIpc) is 2.29. The Morgan fingerprint density at radius 1 is 1.50 bits per heavy atom. The number of aromatic nitrogens is 1. The van der Waals surface area contributed by atoms with Gasteiger partial charge in [-0.2, -0.15) is 0 Å². The van der Waals surface area contributed by atoms with Crippen molar-refractivity contribution < 1.29 is 4.74 Å². The molecule has 0 spiro atoms. The number of pyridine rings is 1. The lowest BCUT2D eigenvalue weighted by molar-refractivity contribution is 0.310. The molecule has 0 saturated carbocycles. The van der Waals surface area contributed by atoms with Crippen molar-refractivity contribution in [2.24, 2.45) is 0 Å². The summed E-state index contributed by atoms with van der Waals surface area (Å²) in [6.45, 7) is 7.64. The smallest absolute Gasteiger partial charge is 0.122 e. The first-order chi connectivity index (χ1) is 7.72. The van der Waals surface area contributed by atoms with E-state index in [0.29, 0.717) is 0 Å². The van der Waals surface area contributed by atoms with E-state index >= 15 is 0 Å². The Bertz CT molecular complexity index is 430. The lowest BCUT2D eigenvalue weighted by Crippen LogP contribution is -1.94. The van der Waals surface area contributed by atoms with E-state index in [1.807, 2.05) is 38.1 Å². The van der Waals surface area contributed by atoms with E-state index in [1.165, 1.54) is 0 Å². The number of ether oxygens (including phenoxy) is 1. The van der Waals surface area contributed by atoms with Crippen LogP contribution in [0.5, 0.6) is 0 Å². The highest BCUT2D eigenvalue weighted by atomic mass is 16.5. The highest BCUT2D eigenvalue weighted by molar-refractivity contribution is 5.78. The highest BCUT2D eigenvalue weighted by Gasteiger charge is 2.07. The van der Waals surface area contributed by atoms with Gasteiger partial charge in [-0.05, 0) is 37.6 Å². The first-order valence-electron chi connectivity index (χ1n) is 5.19. The zero-order valence-electron chi connectivity index (χ0n) is 10.0. The van der Waals surface area contributed by atoms with E-state index in [0.717, 1.165) is 22.6 Å². The molecule has 0 bridgehead atoms. The van der Waals surface area contributed by atoms with Crippen LogP contribution in [-0.2, 0) is 4.74 Å². The number of nitrogens with zero attached hydrogens (tertiary/aromatic N) is 1. The molecule has 0 aliphatic heterocycles. The van der Waals surface area contributed by atoms with E-state index in [2.05, 4.69) is 11.6 Å². The van der Waals surface area contributed by atoms with Crippen LogP contribution in [0.3, 0.4) is 0 Å². The fourth-order valence-corrected chi connectivity index (χ4v) is 1.53. The topological polar surface area (TPSA) is 22.1 Å². The largest absolute Gasteiger partial charge is 0.496 e. The van der Waals surface area contributed by atoms with Gasteiger partial charge in [0.25, 0.3) is 0 Å². The van der Waals surface area contributed by atoms with E-state index in [-0.39, 0.29) is 0 Å². The molecule has 16 heavy (non-hydrogen) atoms. The Morgan fingerprint density at radius 3 is 2.75 bits per heavy atom. The first-order valence-corrected chi connectivity index (χ1v) is 5.19. The maximum absolute atomic E-state index is 5.33. The van der Waals surface area contributed by atoms with Gasteiger partial charge in [0.05, 0.1) is 7.11 Å². The van der Waals surface area contributed by atoms with Gasteiger partial charge in [-0.15, -0.1) is 0 Å². The summed E-state index contributed by atoms with van der Waals surface area (Å²) in [7, 11) is 1.67. The monoisotopic (exact) mass is 215 g/mol. The Morgan fingerprint density at radius 2 is 2.25 bits per heavy atom. The van der Waals surface area contributed by atoms with Crippen molar-refractivity contribution in [3.05, 3.63) is 60.2 Å². The van der Waals surface area contributed by atoms with Gasteiger partial charge in [0.1, 0.15) is 5.76 Å². The lowest BCUT2D eigenvalue weighted by atomic mass is 10.0. The molecule has 1 aromatic rings. The fourth-order valence-electron chi connectivity index (χ4n) is 1.53. The van der Waals surface area contributed by atoms with Crippen LogP contribution in [0.15, 0.2) is 48.9 Å². The minimum atomic E-state index is 0.838. The third kappa shape index (κ3) is 2.83. The van der Waals surface area contributed by atoms with Crippen LogP contribution in [0, 0.1) is 6.92 Å². The van der Waals surface area contributed by atoms with E-state index in [1.54, 1.807) is 19.4 Å². The normalized spacial score (nSPS) is 12.4. The number of methoxy groups -OCH3 is 1. The molecule has 84 valence electrons. The van der Waals surface area contributed by atoms with Gasteiger partial charge >= 0.3 is 0 Å². The molecule has 0 saturated heterocycles. The fraction of sp³-hybridized carbons (Fsp3) is 0.214. The van der Waals surface area contributed by atoms with Gasteiger partial charge in [-0.1, -0.05) is 18.7 Å². The molecule has 2 heteroatoms. The van der Waals surface area contributed by atoms with Gasteiger partial charge in [-0.25, -0.2) is 0 Å². The van der Waals surface area contributed by atoms with Crippen molar-refractivity contribution in [2.75, 3.05) is 7.11 Å². The lowest BCUT2D eigenvalue weighted by Gasteiger charge is -2.10. The third-order valence-electron chi connectivity index (χ3n) is 2.24. The highest BCUT2D eigenvalue weighted by Crippen LogP contribution is 2.23. The minimum absolute atomic E-state index is 0.838. The summed E-state index contributed by atoms with van der Waals surface area (Å²) in [5.74, 6) is 0.838. The maximum atomic E-state index is 5.33. The van der Waals surface area contributed by atoms with Crippen molar-refractivity contribution in [2.45, 2.75) is 13.8 Å². The minimum Gasteiger partial charge on any atom is -0.496 e. The Hall–Kier alpha value is -1.83. The second-order valence-electron chi connectivity index (χ2n) is 3.36. The maximum Gasteiger partial charge on any atom is 0.122 e. The number of hydrogen-bond donors (Lipinski definition) is 0. The molecule has 0 fully saturated rings. The molecule has 1 aromatic heterocycles. The molecular formula is C14H17NO. The van der Waals surface area contributed by atoms with Crippen LogP contribution in [-0.4, -0.2) is 12.1 Å². The molecule has 0 aliphatic rings. The van der Waals surface area contributed by atoms with Crippen molar-refractivity contribution >= 4 is 5.57 Å². The van der Waals surface area contributed by atoms with Gasteiger partial charge in [0, 0.05) is 17.5 Å². The number of allylic oxidation sites excluding steroid dienone is 4. The molecule has 2 nitrogen and oxygen atoms in total. The molecule has 0 aliphatic carbocycles. The van der Waals surface area contributed by atoms with E-state index < -0.39 is 0 Å². The number of hydrogen-bond acceptors (Lipinski definition) is 2. The summed E-state index contributed by atoms with van der Waals surface area (Å²) in [5.41, 5.74) is 3.09. The molecule has 0 radical (unpaired) electrons. The zero-order valence-corrected chi connectivity index (χ0v) is 10.0. The molecule has 0 amide bonds. The molecule has 1 rings (SSSR count). The van der Waals surface area contributed by atoms with Gasteiger partial charge in [0.15, 0.2) is 0 Å². The molecular weight excluding hydrogens is 198 g/mol. The molecule has 0 aromatic carbocycles. The predicted molar refractivity (Wildman–Crippen MR) is 67.9 cm³/mol. The van der Waals surface area contributed by atoms with Crippen LogP contribution in [0.4, 0.5) is 0 Å². The first kappa shape index (κ1) is 12.2. The molecule has 1 heterocycles. The summed E-state index contributed by atoms with van der Waals surface area (Å²) in [6, 6.07) is 3.99. The Kier molecular flexibility index (Phi) is 4.52. The Balaban J connectivity index is 3.23. The summed E-state index contributed by atoms with van der Waals surface area (Å²) >= 11 is 0. The standard InChI is InChI=1S/C14H17NO/c1-5-7-13(14(6-2)16-4)12-8-9-15-11(3)10-12/h5-10H,1H2,2-4H3/b13-7-,14-6+. The van der Waals surface area contributed by atoms with Crippen LogP contribution in [0.25, 0.3) is 5.57 Å². The summed E-state index contributed by atoms with van der Waals surface area (Å²) in [6.07, 6.45) is 7.43. The zero-order chi connectivity index (χ0) is 12.0. The van der Waals surface area contributed by atoms with Crippen molar-refractivity contribution in [3.63, 3.8) is 0 Å². The van der Waals surface area contributed by atoms with Crippen LogP contribution >= 0.6 is 0 Å². The summed E-state index contributed by atoms with van der Waals surface area (Å²) in [4.78, 5) is 4.18. The second-order valence-corrected chi connectivity index (χ2v) is 3.36. The van der Waals surface area contributed by atoms with Gasteiger partial charge < -0.3 is 4.74 Å². The van der Waals surface area contributed by atoms with Crippen LogP contribution < -0.4 is 0 Å². The summed E-state index contributed by atoms with van der Waals surface area (Å²) < 4.78 is 5.33. The van der Waals surface area contributed by atoms with Crippen molar-refractivity contribution in [1.29, 1.82) is 0 Å². The predicted octanol–water partition coefficient (Wildman–Crippen LogP) is 3.51. The average molecular weight is 215 g/mol. The van der Waals surface area contributed by atoms with Crippen molar-refractivity contribution in [3.8, 4) is 0 Å². The summed E-state index contributed by atoms with van der Waals surface area (Å²) in [5, 5.41) is 0. The molecule has 0 unspecified atom stereocenters. The van der Waals surface area contributed by atoms with E-state index in [4.69, 9.17) is 4.74 Å². The second kappa shape index (κ2) is 5.91. The van der Waals surface area contributed by atoms with Crippen molar-refractivity contribution in [1.82, 2.24) is 4.98 Å². The van der Waals surface area contributed by atoms with Crippen LogP contribution in [0.2, 0.25) is 0 Å². The molecule has 0 N–H and O–H groups in total. The SMILES string of the molecule is C=C/C=C(\C(=C/C)OC)c1ccnc(C)c1. The van der Waals surface area contributed by atoms with Crippen LogP contribution in [0.1, 0.15) is 18.2 Å². The quantitative estimate of drug-likeness (QED) is 0.566. The number of aryl methyl sites for hydroxylation is 1. The van der Waals surface area contributed by atoms with Gasteiger partial charge in [0.2, 0.25) is 0 Å². The third-order valence-corrected chi connectivity index (χ3v) is 2.24. The van der Waals surface area contributed by atoms with E-state index in [9.17, 15) is 0 Å².